The van der Waals surface area contributed by atoms with E-state index in [0.29, 0.717) is 6.54 Å². The van der Waals surface area contributed by atoms with E-state index in [1.165, 1.54) is 4.90 Å². The lowest BCUT2D eigenvalue weighted by Gasteiger charge is -2.54. The number of benzene rings is 2. The summed E-state index contributed by atoms with van der Waals surface area (Å²) in [6, 6.07) is 11.4. The fourth-order valence-electron chi connectivity index (χ4n) is 4.61. The molecule has 10 heteroatoms. The molecular formula is C23H27N5O5. The van der Waals surface area contributed by atoms with E-state index in [2.05, 4.69) is 5.32 Å². The number of carbonyl (C=O) groups is 4. The highest BCUT2D eigenvalue weighted by Gasteiger charge is 2.53. The van der Waals surface area contributed by atoms with Gasteiger partial charge in [-0.1, -0.05) is 42.5 Å². The van der Waals surface area contributed by atoms with E-state index in [4.69, 9.17) is 10.6 Å². The largest absolute Gasteiger partial charge is 0.370 e. The van der Waals surface area contributed by atoms with Crippen molar-refractivity contribution in [3.63, 3.8) is 0 Å². The number of rotatable bonds is 5. The molecule has 0 saturated carbocycles. The number of hydrogen-bond acceptors (Lipinski definition) is 5. The zero-order valence-corrected chi connectivity index (χ0v) is 18.6. The minimum Gasteiger partial charge on any atom is -0.370 e. The van der Waals surface area contributed by atoms with Crippen LogP contribution in [-0.4, -0.2) is 70.0 Å². The predicted octanol–water partition coefficient (Wildman–Crippen LogP) is 0.946. The van der Waals surface area contributed by atoms with Crippen molar-refractivity contribution in [3.8, 4) is 0 Å². The van der Waals surface area contributed by atoms with Gasteiger partial charge in [0.25, 0.3) is 5.91 Å². The van der Waals surface area contributed by atoms with Crippen molar-refractivity contribution in [1.29, 1.82) is 0 Å². The Morgan fingerprint density at radius 2 is 1.88 bits per heavy atom. The van der Waals surface area contributed by atoms with Gasteiger partial charge < -0.3 is 20.9 Å². The summed E-state index contributed by atoms with van der Waals surface area (Å²) in [4.78, 5) is 59.3. The Hall–Kier alpha value is -3.66. The molecule has 3 atom stereocenters. The van der Waals surface area contributed by atoms with E-state index < -0.39 is 48.6 Å². The SMILES string of the molecule is CCNC(=O)N1OCC(=O)N2[C@@H]1[C@H](C)N(Cc1cccc3ccccc13)C(=O)[C@@H]2CC(N)=O. The number of primary amides is 1. The summed E-state index contributed by atoms with van der Waals surface area (Å²) in [5.74, 6) is -1.58. The Kier molecular flexibility index (Phi) is 6.19. The molecule has 3 N–H and O–H groups in total. The zero-order valence-electron chi connectivity index (χ0n) is 18.6. The highest BCUT2D eigenvalue weighted by atomic mass is 16.7. The molecule has 2 saturated heterocycles. The lowest BCUT2D eigenvalue weighted by molar-refractivity contribution is -0.245. The molecule has 10 nitrogen and oxygen atoms in total. The van der Waals surface area contributed by atoms with Crippen LogP contribution in [0.5, 0.6) is 0 Å². The summed E-state index contributed by atoms with van der Waals surface area (Å²) in [5, 5.41) is 5.78. The molecule has 0 aromatic heterocycles. The van der Waals surface area contributed by atoms with Gasteiger partial charge in [0, 0.05) is 13.1 Å². The maximum absolute atomic E-state index is 13.6. The van der Waals surface area contributed by atoms with Crippen molar-refractivity contribution < 1.29 is 24.0 Å². The highest BCUT2D eigenvalue weighted by Crippen LogP contribution is 2.32. The first kappa shape index (κ1) is 22.5. The van der Waals surface area contributed by atoms with Gasteiger partial charge in [-0.25, -0.2) is 4.79 Å². The van der Waals surface area contributed by atoms with Crippen LogP contribution in [0.4, 0.5) is 4.79 Å². The standard InChI is InChI=1S/C23H27N5O5/c1-3-25-23(32)28-21-14(2)26(12-16-9-6-8-15-7-4-5-10-17(15)16)22(31)18(11-19(24)29)27(21)20(30)13-33-28/h4-10,14,18,21H,3,11-13H2,1-2H3,(H2,24,29)(H,25,32)/t14-,18-,21-/m0/s1. The first-order valence-electron chi connectivity index (χ1n) is 10.9. The quantitative estimate of drug-likeness (QED) is 0.697. The van der Waals surface area contributed by atoms with Gasteiger partial charge in [-0.05, 0) is 30.2 Å². The third-order valence-corrected chi connectivity index (χ3v) is 6.11. The van der Waals surface area contributed by atoms with E-state index >= 15 is 0 Å². The Balaban J connectivity index is 1.75. The average Bonchev–Trinajstić information content (AvgIpc) is 2.79. The molecule has 2 aromatic carbocycles. The van der Waals surface area contributed by atoms with Crippen LogP contribution in [0.25, 0.3) is 10.8 Å². The second-order valence-corrected chi connectivity index (χ2v) is 8.18. The number of carbonyl (C=O) groups excluding carboxylic acids is 4. The first-order valence-corrected chi connectivity index (χ1v) is 10.9. The van der Waals surface area contributed by atoms with E-state index in [0.717, 1.165) is 21.4 Å². The number of amides is 5. The fourth-order valence-corrected chi connectivity index (χ4v) is 4.61. The molecule has 2 aliphatic rings. The van der Waals surface area contributed by atoms with Gasteiger partial charge in [-0.2, -0.15) is 5.06 Å². The molecular weight excluding hydrogens is 426 g/mol. The number of hydroxylamine groups is 2. The molecule has 0 radical (unpaired) electrons. The third-order valence-electron chi connectivity index (χ3n) is 6.11. The summed E-state index contributed by atoms with van der Waals surface area (Å²) in [7, 11) is 0. The van der Waals surface area contributed by atoms with Gasteiger partial charge in [0.1, 0.15) is 6.04 Å². The zero-order chi connectivity index (χ0) is 23.7. The van der Waals surface area contributed by atoms with Crippen LogP contribution >= 0.6 is 0 Å². The van der Waals surface area contributed by atoms with Gasteiger partial charge >= 0.3 is 6.03 Å². The Morgan fingerprint density at radius 1 is 1.15 bits per heavy atom. The molecule has 33 heavy (non-hydrogen) atoms. The highest BCUT2D eigenvalue weighted by molar-refractivity contribution is 5.94. The number of urea groups is 1. The Labute approximate surface area is 191 Å². The van der Waals surface area contributed by atoms with Crippen LogP contribution in [-0.2, 0) is 25.8 Å². The molecule has 0 bridgehead atoms. The molecule has 5 amide bonds. The van der Waals surface area contributed by atoms with E-state index in [1.807, 2.05) is 42.5 Å². The molecule has 4 rings (SSSR count). The van der Waals surface area contributed by atoms with E-state index in [1.54, 1.807) is 18.7 Å². The van der Waals surface area contributed by atoms with E-state index in [-0.39, 0.29) is 13.0 Å². The minimum absolute atomic E-state index is 0.235. The second-order valence-electron chi connectivity index (χ2n) is 8.18. The summed E-state index contributed by atoms with van der Waals surface area (Å²) in [6.07, 6.45) is -1.25. The number of piperazine rings is 1. The molecule has 0 aliphatic carbocycles. The first-order chi connectivity index (χ1) is 15.8. The number of nitrogens with one attached hydrogen (secondary N) is 1. The van der Waals surface area contributed by atoms with Crippen LogP contribution in [0.2, 0.25) is 0 Å². The molecule has 2 aromatic rings. The molecule has 0 spiro atoms. The van der Waals surface area contributed by atoms with Crippen molar-refractivity contribution in [2.45, 2.75) is 45.1 Å². The van der Waals surface area contributed by atoms with Crippen molar-refractivity contribution in [2.24, 2.45) is 5.73 Å². The maximum Gasteiger partial charge on any atom is 0.343 e. The molecule has 174 valence electrons. The van der Waals surface area contributed by atoms with Crippen molar-refractivity contribution in [3.05, 3.63) is 48.0 Å². The van der Waals surface area contributed by atoms with Gasteiger partial charge in [-0.15, -0.1) is 0 Å². The Morgan fingerprint density at radius 3 is 2.61 bits per heavy atom. The van der Waals surface area contributed by atoms with Gasteiger partial charge in [0.05, 0.1) is 12.5 Å². The van der Waals surface area contributed by atoms with Gasteiger partial charge in [0.15, 0.2) is 12.8 Å². The van der Waals surface area contributed by atoms with E-state index in [9.17, 15) is 19.2 Å². The van der Waals surface area contributed by atoms with Gasteiger partial charge in [-0.3, -0.25) is 19.2 Å². The number of fused-ring (bicyclic) bond motifs is 2. The smallest absolute Gasteiger partial charge is 0.343 e. The summed E-state index contributed by atoms with van der Waals surface area (Å²) in [5.41, 5.74) is 6.34. The van der Waals surface area contributed by atoms with Gasteiger partial charge in [0.2, 0.25) is 11.8 Å². The maximum atomic E-state index is 13.6. The summed E-state index contributed by atoms with van der Waals surface area (Å²) in [6.45, 7) is 3.71. The third kappa shape index (κ3) is 4.09. The fraction of sp³-hybridized carbons (Fsp3) is 0.391. The second kappa shape index (κ2) is 9.07. The van der Waals surface area contributed by atoms with Crippen LogP contribution in [0.15, 0.2) is 42.5 Å². The topological polar surface area (TPSA) is 125 Å². The van der Waals surface area contributed by atoms with Crippen molar-refractivity contribution in [1.82, 2.24) is 20.2 Å². The number of nitrogens with two attached hydrogens (primary N) is 1. The molecule has 2 heterocycles. The Bertz CT molecular complexity index is 1100. The lowest BCUT2D eigenvalue weighted by atomic mass is 9.97. The normalized spacial score (nSPS) is 23.0. The van der Waals surface area contributed by atoms with Crippen LogP contribution in [0, 0.1) is 0 Å². The average molecular weight is 453 g/mol. The number of hydrogen-bond donors (Lipinski definition) is 2. The minimum atomic E-state index is -1.12. The molecule has 2 aliphatic heterocycles. The summed E-state index contributed by atoms with van der Waals surface area (Å²) < 4.78 is 0. The van der Waals surface area contributed by atoms with Crippen LogP contribution < -0.4 is 11.1 Å². The van der Waals surface area contributed by atoms with Crippen molar-refractivity contribution in [2.75, 3.05) is 13.2 Å². The number of nitrogens with zero attached hydrogens (tertiary/aromatic N) is 3. The molecule has 2 fully saturated rings. The van der Waals surface area contributed by atoms with Crippen LogP contribution in [0.3, 0.4) is 0 Å². The summed E-state index contributed by atoms with van der Waals surface area (Å²) >= 11 is 0. The predicted molar refractivity (Wildman–Crippen MR) is 119 cm³/mol. The van der Waals surface area contributed by atoms with Crippen molar-refractivity contribution >= 4 is 34.5 Å². The molecule has 0 unspecified atom stereocenters. The van der Waals surface area contributed by atoms with Crippen LogP contribution in [0.1, 0.15) is 25.8 Å². The monoisotopic (exact) mass is 453 g/mol. The lowest BCUT2D eigenvalue weighted by Crippen LogP contribution is -2.75.